The smallest absolute Gasteiger partial charge is 0.146 e. The molecule has 1 rings (SSSR count). The predicted molar refractivity (Wildman–Crippen MR) is 69.7 cm³/mol. The minimum Gasteiger partial charge on any atom is -0.389 e. The minimum atomic E-state index is -0.737. The van der Waals surface area contributed by atoms with E-state index in [-0.39, 0.29) is 11.9 Å². The maximum Gasteiger partial charge on any atom is 0.146 e. The number of halogens is 1. The molecule has 1 aromatic carbocycles. The standard InChI is InChI=1S/C14H19FN2O/c1-10(2)17(9-5-8-16)14-12(11(3)18)6-4-7-13(14)15/h4,6-7,10-11,18H,5,9H2,1-3H3. The van der Waals surface area contributed by atoms with Crippen LogP contribution in [0.15, 0.2) is 18.2 Å². The molecule has 0 fully saturated rings. The van der Waals surface area contributed by atoms with Crippen molar-refractivity contribution in [2.45, 2.75) is 39.3 Å². The summed E-state index contributed by atoms with van der Waals surface area (Å²) in [6, 6.07) is 6.81. The summed E-state index contributed by atoms with van der Waals surface area (Å²) in [4.78, 5) is 1.82. The maximum absolute atomic E-state index is 14.0. The van der Waals surface area contributed by atoms with Gasteiger partial charge in [-0.05, 0) is 26.8 Å². The van der Waals surface area contributed by atoms with Crippen LogP contribution in [0.25, 0.3) is 0 Å². The van der Waals surface area contributed by atoms with Crippen molar-refractivity contribution in [2.75, 3.05) is 11.4 Å². The number of hydrogen-bond acceptors (Lipinski definition) is 3. The average molecular weight is 250 g/mol. The Bertz CT molecular complexity index is 438. The molecule has 0 aliphatic rings. The van der Waals surface area contributed by atoms with Crippen LogP contribution in [0, 0.1) is 17.1 Å². The van der Waals surface area contributed by atoms with Gasteiger partial charge in [-0.3, -0.25) is 0 Å². The molecule has 1 N–H and O–H groups in total. The van der Waals surface area contributed by atoms with Crippen molar-refractivity contribution in [3.63, 3.8) is 0 Å². The van der Waals surface area contributed by atoms with E-state index < -0.39 is 6.10 Å². The fraction of sp³-hybridized carbons (Fsp3) is 0.500. The van der Waals surface area contributed by atoms with E-state index in [1.165, 1.54) is 6.07 Å². The van der Waals surface area contributed by atoms with Gasteiger partial charge >= 0.3 is 0 Å². The number of aliphatic hydroxyl groups excluding tert-OH is 1. The van der Waals surface area contributed by atoms with Gasteiger partial charge in [-0.1, -0.05) is 12.1 Å². The highest BCUT2D eigenvalue weighted by atomic mass is 19.1. The Morgan fingerprint density at radius 1 is 1.39 bits per heavy atom. The Morgan fingerprint density at radius 2 is 2.06 bits per heavy atom. The summed E-state index contributed by atoms with van der Waals surface area (Å²) >= 11 is 0. The fourth-order valence-electron chi connectivity index (χ4n) is 1.97. The first-order chi connectivity index (χ1) is 8.49. The van der Waals surface area contributed by atoms with Crippen molar-refractivity contribution in [3.05, 3.63) is 29.6 Å². The third-order valence-electron chi connectivity index (χ3n) is 2.84. The molecule has 0 aliphatic carbocycles. The molecule has 0 aromatic heterocycles. The molecule has 98 valence electrons. The van der Waals surface area contributed by atoms with Crippen LogP contribution in [0.2, 0.25) is 0 Å². The molecule has 3 nitrogen and oxygen atoms in total. The van der Waals surface area contributed by atoms with E-state index >= 15 is 0 Å². The molecular weight excluding hydrogens is 231 g/mol. The van der Waals surface area contributed by atoms with Gasteiger partial charge < -0.3 is 10.0 Å². The largest absolute Gasteiger partial charge is 0.389 e. The second-order valence-electron chi connectivity index (χ2n) is 4.55. The number of hydrogen-bond donors (Lipinski definition) is 1. The molecule has 0 heterocycles. The second kappa shape index (κ2) is 6.36. The monoisotopic (exact) mass is 250 g/mol. The molecule has 1 unspecified atom stereocenters. The van der Waals surface area contributed by atoms with Crippen molar-refractivity contribution < 1.29 is 9.50 Å². The zero-order valence-corrected chi connectivity index (χ0v) is 11.0. The lowest BCUT2D eigenvalue weighted by Crippen LogP contribution is -2.33. The van der Waals surface area contributed by atoms with Crippen LogP contribution >= 0.6 is 0 Å². The van der Waals surface area contributed by atoms with E-state index in [1.54, 1.807) is 19.1 Å². The first-order valence-corrected chi connectivity index (χ1v) is 6.09. The Balaban J connectivity index is 3.22. The van der Waals surface area contributed by atoms with Crippen molar-refractivity contribution >= 4 is 5.69 Å². The van der Waals surface area contributed by atoms with E-state index in [0.717, 1.165) is 0 Å². The first-order valence-electron chi connectivity index (χ1n) is 6.09. The predicted octanol–water partition coefficient (Wildman–Crippen LogP) is 3.01. The van der Waals surface area contributed by atoms with Gasteiger partial charge in [-0.15, -0.1) is 0 Å². The number of benzene rings is 1. The lowest BCUT2D eigenvalue weighted by Gasteiger charge is -2.31. The summed E-state index contributed by atoms with van der Waals surface area (Å²) in [5.74, 6) is -0.361. The molecule has 0 radical (unpaired) electrons. The third-order valence-corrected chi connectivity index (χ3v) is 2.84. The molecule has 4 heteroatoms. The van der Waals surface area contributed by atoms with E-state index in [4.69, 9.17) is 5.26 Å². The lowest BCUT2D eigenvalue weighted by atomic mass is 10.1. The average Bonchev–Trinajstić information content (AvgIpc) is 2.30. The van der Waals surface area contributed by atoms with E-state index in [9.17, 15) is 9.50 Å². The number of nitrogens with zero attached hydrogens (tertiary/aromatic N) is 2. The first kappa shape index (κ1) is 14.5. The van der Waals surface area contributed by atoms with Crippen molar-refractivity contribution in [3.8, 4) is 6.07 Å². The maximum atomic E-state index is 14.0. The van der Waals surface area contributed by atoms with Gasteiger partial charge in [0, 0.05) is 18.2 Å². The normalized spacial score (nSPS) is 12.3. The van der Waals surface area contributed by atoms with Gasteiger partial charge in [0.15, 0.2) is 0 Å². The van der Waals surface area contributed by atoms with Gasteiger partial charge in [0.1, 0.15) is 5.82 Å². The van der Waals surface area contributed by atoms with Gasteiger partial charge in [-0.2, -0.15) is 5.26 Å². The topological polar surface area (TPSA) is 47.3 Å². The minimum absolute atomic E-state index is 0.0627. The van der Waals surface area contributed by atoms with Crippen molar-refractivity contribution in [1.82, 2.24) is 0 Å². The SMILES string of the molecule is CC(O)c1cccc(F)c1N(CCC#N)C(C)C. The molecule has 1 aromatic rings. The van der Waals surface area contributed by atoms with E-state index in [2.05, 4.69) is 6.07 Å². The number of rotatable bonds is 5. The summed E-state index contributed by atoms with van der Waals surface area (Å²) in [6.45, 7) is 5.95. The molecular formula is C14H19FN2O. The molecule has 0 amide bonds. The molecule has 0 saturated heterocycles. The summed E-state index contributed by atoms with van der Waals surface area (Å²) in [6.07, 6.45) is -0.412. The highest BCUT2D eigenvalue weighted by Gasteiger charge is 2.20. The zero-order chi connectivity index (χ0) is 13.7. The van der Waals surface area contributed by atoms with Crippen LogP contribution in [-0.4, -0.2) is 17.7 Å². The molecule has 1 atom stereocenters. The molecule has 0 spiro atoms. The van der Waals surface area contributed by atoms with Gasteiger partial charge in [0.25, 0.3) is 0 Å². The van der Waals surface area contributed by atoms with E-state index in [0.29, 0.717) is 24.2 Å². The van der Waals surface area contributed by atoms with Gasteiger partial charge in [0.2, 0.25) is 0 Å². The summed E-state index contributed by atoms with van der Waals surface area (Å²) in [5.41, 5.74) is 0.958. The Labute approximate surface area is 107 Å². The lowest BCUT2D eigenvalue weighted by molar-refractivity contribution is 0.199. The van der Waals surface area contributed by atoms with Crippen LogP contribution in [0.4, 0.5) is 10.1 Å². The zero-order valence-electron chi connectivity index (χ0n) is 11.0. The van der Waals surface area contributed by atoms with Crippen LogP contribution in [0.1, 0.15) is 38.9 Å². The summed E-state index contributed by atoms with van der Waals surface area (Å²) in [7, 11) is 0. The quantitative estimate of drug-likeness (QED) is 0.873. The van der Waals surface area contributed by atoms with Crippen LogP contribution < -0.4 is 4.90 Å². The molecule has 0 saturated carbocycles. The summed E-state index contributed by atoms with van der Waals surface area (Å²) < 4.78 is 14.0. The number of nitriles is 1. The highest BCUT2D eigenvalue weighted by Crippen LogP contribution is 2.30. The number of anilines is 1. The fourth-order valence-corrected chi connectivity index (χ4v) is 1.97. The van der Waals surface area contributed by atoms with Crippen LogP contribution in [-0.2, 0) is 0 Å². The number of para-hydroxylation sites is 1. The van der Waals surface area contributed by atoms with Crippen LogP contribution in [0.3, 0.4) is 0 Å². The molecule has 0 bridgehead atoms. The highest BCUT2D eigenvalue weighted by molar-refractivity contribution is 5.56. The third kappa shape index (κ3) is 3.21. The number of aliphatic hydroxyl groups is 1. The van der Waals surface area contributed by atoms with Gasteiger partial charge in [0.05, 0.1) is 24.3 Å². The summed E-state index contributed by atoms with van der Waals surface area (Å²) in [5, 5.41) is 18.4. The Hall–Kier alpha value is -1.60. The molecule has 18 heavy (non-hydrogen) atoms. The van der Waals surface area contributed by atoms with E-state index in [1.807, 2.05) is 18.7 Å². The van der Waals surface area contributed by atoms with Crippen molar-refractivity contribution in [2.24, 2.45) is 0 Å². The molecule has 0 aliphatic heterocycles. The van der Waals surface area contributed by atoms with Crippen molar-refractivity contribution in [1.29, 1.82) is 5.26 Å². The van der Waals surface area contributed by atoms with Gasteiger partial charge in [-0.25, -0.2) is 4.39 Å². The Morgan fingerprint density at radius 3 is 2.56 bits per heavy atom. The second-order valence-corrected chi connectivity index (χ2v) is 4.55. The van der Waals surface area contributed by atoms with Crippen LogP contribution in [0.5, 0.6) is 0 Å². The Kier molecular flexibility index (Phi) is 5.11.